The van der Waals surface area contributed by atoms with Gasteiger partial charge in [-0.15, -0.1) is 0 Å². The van der Waals surface area contributed by atoms with Crippen molar-refractivity contribution in [3.63, 3.8) is 0 Å². The van der Waals surface area contributed by atoms with Gasteiger partial charge in [-0.2, -0.15) is 0 Å². The van der Waals surface area contributed by atoms with Crippen molar-refractivity contribution in [2.45, 2.75) is 19.3 Å². The molecule has 1 aromatic heterocycles. The van der Waals surface area contributed by atoms with Gasteiger partial charge in [0.2, 0.25) is 0 Å². The van der Waals surface area contributed by atoms with Crippen molar-refractivity contribution in [3.8, 4) is 0 Å². The molecule has 1 saturated heterocycles. The SMILES string of the molecule is C[C@@H]1CNCC[C@@H]1c1cc(F)c2ccoc2c1. The molecule has 0 radical (unpaired) electrons. The van der Waals surface area contributed by atoms with E-state index in [0.29, 0.717) is 22.8 Å². The molecule has 0 unspecified atom stereocenters. The average Bonchev–Trinajstić information content (AvgIpc) is 2.78. The molecule has 90 valence electrons. The van der Waals surface area contributed by atoms with Crippen LogP contribution < -0.4 is 5.32 Å². The molecule has 2 heterocycles. The average molecular weight is 233 g/mol. The van der Waals surface area contributed by atoms with E-state index in [1.165, 1.54) is 0 Å². The lowest BCUT2D eigenvalue weighted by Gasteiger charge is -2.29. The highest BCUT2D eigenvalue weighted by atomic mass is 19.1. The van der Waals surface area contributed by atoms with Crippen LogP contribution in [0, 0.1) is 11.7 Å². The molecule has 0 amide bonds. The van der Waals surface area contributed by atoms with E-state index in [-0.39, 0.29) is 5.82 Å². The Balaban J connectivity index is 2.04. The monoisotopic (exact) mass is 233 g/mol. The highest BCUT2D eigenvalue weighted by molar-refractivity contribution is 5.78. The topological polar surface area (TPSA) is 25.2 Å². The van der Waals surface area contributed by atoms with Crippen LogP contribution in [0.1, 0.15) is 24.8 Å². The Labute approximate surface area is 99.8 Å². The molecule has 2 atom stereocenters. The predicted molar refractivity (Wildman–Crippen MR) is 65.6 cm³/mol. The zero-order valence-corrected chi connectivity index (χ0v) is 9.87. The van der Waals surface area contributed by atoms with Gasteiger partial charge in [-0.25, -0.2) is 4.39 Å². The molecule has 0 aliphatic carbocycles. The lowest BCUT2D eigenvalue weighted by Crippen LogP contribution is -2.33. The zero-order valence-electron chi connectivity index (χ0n) is 9.87. The van der Waals surface area contributed by atoms with Crippen LogP contribution in [0.5, 0.6) is 0 Å². The van der Waals surface area contributed by atoms with E-state index in [1.54, 1.807) is 18.4 Å². The standard InChI is InChI=1S/C14H16FNO/c1-9-8-16-4-2-11(9)10-6-13(15)12-3-5-17-14(12)7-10/h3,5-7,9,11,16H,2,4,8H2,1H3/t9-,11+/m1/s1. The minimum absolute atomic E-state index is 0.169. The molecule has 1 aliphatic heterocycles. The minimum atomic E-state index is -0.169. The lowest BCUT2D eigenvalue weighted by molar-refractivity contribution is 0.349. The Kier molecular flexibility index (Phi) is 2.63. The van der Waals surface area contributed by atoms with Crippen LogP contribution in [0.2, 0.25) is 0 Å². The Bertz CT molecular complexity index is 534. The van der Waals surface area contributed by atoms with Crippen molar-refractivity contribution in [2.75, 3.05) is 13.1 Å². The van der Waals surface area contributed by atoms with E-state index >= 15 is 0 Å². The van der Waals surface area contributed by atoms with E-state index in [9.17, 15) is 4.39 Å². The summed E-state index contributed by atoms with van der Waals surface area (Å²) >= 11 is 0. The lowest BCUT2D eigenvalue weighted by atomic mass is 9.82. The molecule has 2 aromatic rings. The normalized spacial score (nSPS) is 25.3. The number of hydrogen-bond donors (Lipinski definition) is 1. The summed E-state index contributed by atoms with van der Waals surface area (Å²) in [6.07, 6.45) is 2.61. The fraction of sp³-hybridized carbons (Fsp3) is 0.429. The summed E-state index contributed by atoms with van der Waals surface area (Å²) in [6, 6.07) is 5.34. The van der Waals surface area contributed by atoms with Crippen LogP contribution in [-0.2, 0) is 0 Å². The van der Waals surface area contributed by atoms with Crippen molar-refractivity contribution in [2.24, 2.45) is 5.92 Å². The molecule has 1 fully saturated rings. The quantitative estimate of drug-likeness (QED) is 0.817. The maximum atomic E-state index is 13.9. The van der Waals surface area contributed by atoms with Crippen molar-refractivity contribution in [1.82, 2.24) is 5.32 Å². The van der Waals surface area contributed by atoms with Gasteiger partial charge in [0.05, 0.1) is 11.6 Å². The first-order valence-electron chi connectivity index (χ1n) is 6.13. The van der Waals surface area contributed by atoms with E-state index in [2.05, 4.69) is 12.2 Å². The van der Waals surface area contributed by atoms with Gasteiger partial charge in [0.15, 0.2) is 0 Å². The largest absolute Gasteiger partial charge is 0.464 e. The number of furan rings is 1. The fourth-order valence-corrected chi connectivity index (χ4v) is 2.77. The Morgan fingerprint density at radius 1 is 1.41 bits per heavy atom. The Morgan fingerprint density at radius 2 is 2.29 bits per heavy atom. The molecule has 17 heavy (non-hydrogen) atoms. The van der Waals surface area contributed by atoms with Gasteiger partial charge in [0.1, 0.15) is 11.4 Å². The summed E-state index contributed by atoms with van der Waals surface area (Å²) < 4.78 is 19.2. The molecular formula is C14H16FNO. The van der Waals surface area contributed by atoms with E-state index in [4.69, 9.17) is 4.42 Å². The third-order valence-electron chi connectivity index (χ3n) is 3.76. The molecule has 0 bridgehead atoms. The van der Waals surface area contributed by atoms with Crippen LogP contribution in [0.15, 0.2) is 28.9 Å². The first-order valence-corrected chi connectivity index (χ1v) is 6.13. The molecule has 1 aromatic carbocycles. The third-order valence-corrected chi connectivity index (χ3v) is 3.76. The van der Waals surface area contributed by atoms with Crippen molar-refractivity contribution >= 4 is 11.0 Å². The first kappa shape index (κ1) is 10.8. The summed E-state index contributed by atoms with van der Waals surface area (Å²) in [5, 5.41) is 3.94. The summed E-state index contributed by atoms with van der Waals surface area (Å²) in [7, 11) is 0. The van der Waals surface area contributed by atoms with Gasteiger partial charge in [-0.1, -0.05) is 6.92 Å². The summed E-state index contributed by atoms with van der Waals surface area (Å²) in [6.45, 7) is 4.22. The van der Waals surface area contributed by atoms with Gasteiger partial charge in [0, 0.05) is 0 Å². The Hall–Kier alpha value is -1.35. The number of hydrogen-bond acceptors (Lipinski definition) is 2. The molecule has 3 heteroatoms. The second-order valence-corrected chi connectivity index (χ2v) is 4.91. The first-order chi connectivity index (χ1) is 8.25. The number of rotatable bonds is 1. The highest BCUT2D eigenvalue weighted by Crippen LogP contribution is 2.33. The van der Waals surface area contributed by atoms with Crippen LogP contribution >= 0.6 is 0 Å². The molecular weight excluding hydrogens is 217 g/mol. The van der Waals surface area contributed by atoms with E-state index in [1.807, 2.05) is 6.07 Å². The number of nitrogens with one attached hydrogen (secondary N) is 1. The van der Waals surface area contributed by atoms with Gasteiger partial charge < -0.3 is 9.73 Å². The molecule has 3 rings (SSSR count). The smallest absolute Gasteiger partial charge is 0.137 e. The van der Waals surface area contributed by atoms with Crippen molar-refractivity contribution in [1.29, 1.82) is 0 Å². The maximum absolute atomic E-state index is 13.9. The summed E-state index contributed by atoms with van der Waals surface area (Å²) in [5.41, 5.74) is 1.73. The second kappa shape index (κ2) is 4.15. The predicted octanol–water partition coefficient (Wildman–Crippen LogP) is 3.28. The van der Waals surface area contributed by atoms with Gasteiger partial charge >= 0.3 is 0 Å². The van der Waals surface area contributed by atoms with Crippen LogP contribution in [-0.4, -0.2) is 13.1 Å². The third kappa shape index (κ3) is 1.84. The maximum Gasteiger partial charge on any atom is 0.137 e. The van der Waals surface area contributed by atoms with Crippen LogP contribution in [0.25, 0.3) is 11.0 Å². The highest BCUT2D eigenvalue weighted by Gasteiger charge is 2.24. The zero-order chi connectivity index (χ0) is 11.8. The van der Waals surface area contributed by atoms with Gasteiger partial charge in [-0.05, 0) is 55.1 Å². The Morgan fingerprint density at radius 3 is 3.12 bits per heavy atom. The summed E-state index contributed by atoms with van der Waals surface area (Å²) in [4.78, 5) is 0. The van der Waals surface area contributed by atoms with Gasteiger partial charge in [-0.3, -0.25) is 0 Å². The van der Waals surface area contributed by atoms with E-state index < -0.39 is 0 Å². The molecule has 1 N–H and O–H groups in total. The van der Waals surface area contributed by atoms with Crippen molar-refractivity contribution in [3.05, 3.63) is 35.8 Å². The molecule has 0 saturated carbocycles. The molecule has 2 nitrogen and oxygen atoms in total. The van der Waals surface area contributed by atoms with Crippen LogP contribution in [0.3, 0.4) is 0 Å². The second-order valence-electron chi connectivity index (χ2n) is 4.91. The van der Waals surface area contributed by atoms with Crippen molar-refractivity contribution < 1.29 is 8.81 Å². The summed E-state index contributed by atoms with van der Waals surface area (Å²) in [5.74, 6) is 0.799. The fourth-order valence-electron chi connectivity index (χ4n) is 2.77. The van der Waals surface area contributed by atoms with Gasteiger partial charge in [0.25, 0.3) is 0 Å². The number of piperidine rings is 1. The van der Waals surface area contributed by atoms with Crippen LogP contribution in [0.4, 0.5) is 4.39 Å². The minimum Gasteiger partial charge on any atom is -0.464 e. The molecule has 0 spiro atoms. The number of benzene rings is 1. The number of halogens is 1. The number of fused-ring (bicyclic) bond motifs is 1. The van der Waals surface area contributed by atoms with E-state index in [0.717, 1.165) is 25.1 Å². The molecule has 1 aliphatic rings.